The molecule has 0 aromatic rings. The average molecular weight is 669 g/mol. The number of primary amides is 1. The van der Waals surface area contributed by atoms with E-state index in [0.29, 0.717) is 58.3 Å². The van der Waals surface area contributed by atoms with Crippen molar-refractivity contribution in [1.29, 1.82) is 0 Å². The molecule has 0 bridgehead atoms. The topological polar surface area (TPSA) is 194 Å². The molecular formula is C33H60N6O6S. The number of nitrogens with zero attached hydrogens (tertiary/aromatic N) is 1. The number of carbonyl (C=O) groups is 6. The van der Waals surface area contributed by atoms with E-state index in [1.165, 1.54) is 16.7 Å². The first-order chi connectivity index (χ1) is 22.0. The lowest BCUT2D eigenvalue weighted by molar-refractivity contribution is -0.138. The second kappa shape index (κ2) is 24.5. The summed E-state index contributed by atoms with van der Waals surface area (Å²) in [5, 5.41) is 8.04. The summed E-state index contributed by atoms with van der Waals surface area (Å²) in [6.45, 7) is 8.01. The highest BCUT2D eigenvalue weighted by molar-refractivity contribution is 8.00. The summed E-state index contributed by atoms with van der Waals surface area (Å²) in [7, 11) is 0. The van der Waals surface area contributed by atoms with Crippen LogP contribution in [0.5, 0.6) is 0 Å². The third kappa shape index (κ3) is 18.5. The molecule has 46 heavy (non-hydrogen) atoms. The molecule has 1 aliphatic rings. The van der Waals surface area contributed by atoms with Gasteiger partial charge in [0.05, 0.1) is 11.3 Å². The number of amides is 6. The number of ketones is 1. The lowest BCUT2D eigenvalue weighted by atomic mass is 9.91. The van der Waals surface area contributed by atoms with E-state index in [9.17, 15) is 28.8 Å². The van der Waals surface area contributed by atoms with Gasteiger partial charge in [-0.25, -0.2) is 4.79 Å². The number of imide groups is 1. The van der Waals surface area contributed by atoms with Gasteiger partial charge in [-0.1, -0.05) is 40.0 Å². The van der Waals surface area contributed by atoms with Crippen LogP contribution in [0.1, 0.15) is 117 Å². The van der Waals surface area contributed by atoms with Gasteiger partial charge in [-0.3, -0.25) is 28.9 Å². The van der Waals surface area contributed by atoms with Crippen molar-refractivity contribution in [3.8, 4) is 0 Å². The summed E-state index contributed by atoms with van der Waals surface area (Å²) in [4.78, 5) is 74.8. The average Bonchev–Trinajstić information content (AvgIpc) is 3.26. The van der Waals surface area contributed by atoms with E-state index in [0.717, 1.165) is 57.1 Å². The number of nitrogens with one attached hydrogen (secondary N) is 3. The van der Waals surface area contributed by atoms with Crippen molar-refractivity contribution in [2.75, 3.05) is 31.9 Å². The molecule has 1 rings (SSSR count). The van der Waals surface area contributed by atoms with Crippen LogP contribution in [0.25, 0.3) is 0 Å². The zero-order chi connectivity index (χ0) is 34.3. The molecule has 0 saturated carbocycles. The Balaban J connectivity index is 2.22. The van der Waals surface area contributed by atoms with Gasteiger partial charge < -0.3 is 27.4 Å². The standard InChI is InChI=1S/C33H60N6O6S/c1-24(2)31(26(40)22-25(3)14-13-19-37-33(35)45)38-29(42)16-7-4-11-20-39-30(43)23-27(32(39)44)46-21-12-5-8-15-28(41)36-18-10-6-9-17-34/h24-25,27,31H,4-23,34H2,1-3H3,(H,36,41)(H,38,42)(H3,35,37,45)/t25-,27?,31+/m1/s1. The fourth-order valence-corrected chi connectivity index (χ4v) is 6.59. The van der Waals surface area contributed by atoms with Crippen molar-refractivity contribution < 1.29 is 28.8 Å². The Morgan fingerprint density at radius 1 is 0.848 bits per heavy atom. The Hall–Kier alpha value is -2.67. The Labute approximate surface area is 280 Å². The van der Waals surface area contributed by atoms with Crippen LogP contribution in [0.15, 0.2) is 0 Å². The van der Waals surface area contributed by atoms with Crippen LogP contribution in [0.2, 0.25) is 0 Å². The highest BCUT2D eigenvalue weighted by Crippen LogP contribution is 2.26. The molecule has 0 aliphatic carbocycles. The number of Topliss-reactive ketones (excluding diaryl/α,β-unsaturated/α-hetero) is 1. The minimum Gasteiger partial charge on any atom is -0.356 e. The van der Waals surface area contributed by atoms with E-state index < -0.39 is 12.1 Å². The van der Waals surface area contributed by atoms with Crippen LogP contribution in [0.3, 0.4) is 0 Å². The van der Waals surface area contributed by atoms with Crippen molar-refractivity contribution in [2.24, 2.45) is 23.3 Å². The molecule has 0 aromatic carbocycles. The second-order valence-corrected chi connectivity index (χ2v) is 14.1. The smallest absolute Gasteiger partial charge is 0.312 e. The van der Waals surface area contributed by atoms with Gasteiger partial charge in [0.25, 0.3) is 0 Å². The molecule has 1 saturated heterocycles. The highest BCUT2D eigenvalue weighted by atomic mass is 32.2. The van der Waals surface area contributed by atoms with E-state index in [-0.39, 0.29) is 59.3 Å². The largest absolute Gasteiger partial charge is 0.356 e. The molecule has 12 nitrogen and oxygen atoms in total. The van der Waals surface area contributed by atoms with Crippen molar-refractivity contribution >= 4 is 47.2 Å². The molecule has 0 spiro atoms. The normalized spacial score (nSPS) is 16.0. The summed E-state index contributed by atoms with van der Waals surface area (Å²) in [5.41, 5.74) is 10.5. The zero-order valence-electron chi connectivity index (χ0n) is 28.4. The van der Waals surface area contributed by atoms with Gasteiger partial charge >= 0.3 is 6.03 Å². The predicted octanol–water partition coefficient (Wildman–Crippen LogP) is 3.40. The Kier molecular flexibility index (Phi) is 22.0. The number of unbranched alkanes of at least 4 members (excludes halogenated alkanes) is 6. The molecule has 0 radical (unpaired) electrons. The lowest BCUT2D eigenvalue weighted by Gasteiger charge is -2.23. The van der Waals surface area contributed by atoms with Crippen LogP contribution in [0, 0.1) is 11.8 Å². The fraction of sp³-hybridized carbons (Fsp3) is 0.818. The summed E-state index contributed by atoms with van der Waals surface area (Å²) in [6, 6.07) is -1.11. The molecule has 264 valence electrons. The van der Waals surface area contributed by atoms with Crippen LogP contribution in [-0.4, -0.2) is 83.6 Å². The Morgan fingerprint density at radius 3 is 2.17 bits per heavy atom. The van der Waals surface area contributed by atoms with E-state index in [4.69, 9.17) is 11.5 Å². The maximum Gasteiger partial charge on any atom is 0.312 e. The number of hydrogen-bond donors (Lipinski definition) is 5. The van der Waals surface area contributed by atoms with Crippen LogP contribution in [0.4, 0.5) is 4.79 Å². The van der Waals surface area contributed by atoms with Gasteiger partial charge in [-0.15, -0.1) is 11.8 Å². The minimum absolute atomic E-state index is 0.00453. The van der Waals surface area contributed by atoms with Gasteiger partial charge in [0.2, 0.25) is 23.6 Å². The molecule has 0 aromatic heterocycles. The van der Waals surface area contributed by atoms with E-state index in [2.05, 4.69) is 16.0 Å². The van der Waals surface area contributed by atoms with Gasteiger partial charge in [0, 0.05) is 45.3 Å². The first kappa shape index (κ1) is 41.4. The first-order valence-corrected chi connectivity index (χ1v) is 18.3. The monoisotopic (exact) mass is 668 g/mol. The van der Waals surface area contributed by atoms with Crippen LogP contribution in [-0.2, 0) is 24.0 Å². The van der Waals surface area contributed by atoms with Crippen LogP contribution >= 0.6 is 11.8 Å². The second-order valence-electron chi connectivity index (χ2n) is 12.8. The first-order valence-electron chi connectivity index (χ1n) is 17.2. The van der Waals surface area contributed by atoms with Crippen molar-refractivity contribution in [3.05, 3.63) is 0 Å². The number of nitrogens with two attached hydrogens (primary N) is 2. The maximum atomic E-state index is 12.9. The zero-order valence-corrected chi connectivity index (χ0v) is 29.2. The molecule has 13 heteroatoms. The Morgan fingerprint density at radius 2 is 1.50 bits per heavy atom. The fourth-order valence-electron chi connectivity index (χ4n) is 5.40. The van der Waals surface area contributed by atoms with Crippen molar-refractivity contribution in [1.82, 2.24) is 20.9 Å². The number of rotatable bonds is 27. The summed E-state index contributed by atoms with van der Waals surface area (Å²) in [5.74, 6) is 0.513. The Bertz CT molecular complexity index is 965. The van der Waals surface area contributed by atoms with Gasteiger partial charge in [0.15, 0.2) is 5.78 Å². The number of thioether (sulfide) groups is 1. The number of urea groups is 1. The number of hydrogen-bond acceptors (Lipinski definition) is 8. The summed E-state index contributed by atoms with van der Waals surface area (Å²) < 4.78 is 0. The number of carbonyl (C=O) groups excluding carboxylic acids is 6. The predicted molar refractivity (Wildman–Crippen MR) is 183 cm³/mol. The molecule has 1 heterocycles. The molecule has 1 fully saturated rings. The van der Waals surface area contributed by atoms with Crippen molar-refractivity contribution in [3.63, 3.8) is 0 Å². The molecule has 6 amide bonds. The van der Waals surface area contributed by atoms with Gasteiger partial charge in [0.1, 0.15) is 0 Å². The summed E-state index contributed by atoms with van der Waals surface area (Å²) in [6.07, 6.45) is 10.4. The molecular weight excluding hydrogens is 608 g/mol. The molecule has 1 aliphatic heterocycles. The van der Waals surface area contributed by atoms with Gasteiger partial charge in [-0.2, -0.15) is 0 Å². The van der Waals surface area contributed by atoms with Crippen LogP contribution < -0.4 is 27.4 Å². The SMILES string of the molecule is CC(C)[C@H](NC(=O)CCCCCN1C(=O)CC(SCCCCCC(=O)NCCCCCN)C1=O)C(=O)C[C@H](C)CCCNC(N)=O. The molecule has 7 N–H and O–H groups in total. The summed E-state index contributed by atoms with van der Waals surface area (Å²) >= 11 is 1.52. The lowest BCUT2D eigenvalue weighted by Crippen LogP contribution is -2.44. The van der Waals surface area contributed by atoms with Crippen molar-refractivity contribution in [2.45, 2.75) is 128 Å². The van der Waals surface area contributed by atoms with E-state index >= 15 is 0 Å². The van der Waals surface area contributed by atoms with E-state index in [1.807, 2.05) is 20.8 Å². The number of likely N-dealkylation sites (tertiary alicyclic amines) is 1. The maximum absolute atomic E-state index is 12.9. The quantitative estimate of drug-likeness (QED) is 0.0649. The van der Waals surface area contributed by atoms with Gasteiger partial charge in [-0.05, 0) is 75.5 Å². The highest BCUT2D eigenvalue weighted by Gasteiger charge is 2.38. The van der Waals surface area contributed by atoms with E-state index in [1.54, 1.807) is 0 Å². The third-order valence-corrected chi connectivity index (χ3v) is 9.41. The third-order valence-electron chi connectivity index (χ3n) is 8.11. The molecule has 1 unspecified atom stereocenters. The molecule has 3 atom stereocenters. The minimum atomic E-state index is -0.560.